The Morgan fingerprint density at radius 1 is 1.21 bits per heavy atom. The van der Waals surface area contributed by atoms with E-state index in [1.807, 2.05) is 0 Å². The Bertz CT molecular complexity index is 130. The molecule has 0 heterocycles. The van der Waals surface area contributed by atoms with Crippen molar-refractivity contribution in [1.82, 2.24) is 5.32 Å². The van der Waals surface area contributed by atoms with Crippen LogP contribution in [-0.2, 0) is 4.74 Å². The lowest BCUT2D eigenvalue weighted by molar-refractivity contribution is 0.0321. The van der Waals surface area contributed by atoms with Crippen LogP contribution in [0.3, 0.4) is 0 Å². The van der Waals surface area contributed by atoms with Crippen molar-refractivity contribution >= 4 is 0 Å². The van der Waals surface area contributed by atoms with Gasteiger partial charge < -0.3 is 10.1 Å². The van der Waals surface area contributed by atoms with Crippen LogP contribution in [0.4, 0.5) is 0 Å². The maximum absolute atomic E-state index is 5.91. The van der Waals surface area contributed by atoms with Gasteiger partial charge in [-0.15, -0.1) is 0 Å². The smallest absolute Gasteiger partial charge is 0.0620 e. The van der Waals surface area contributed by atoms with E-state index in [0.29, 0.717) is 12.1 Å². The van der Waals surface area contributed by atoms with Gasteiger partial charge in [0.05, 0.1) is 12.7 Å². The summed E-state index contributed by atoms with van der Waals surface area (Å²) in [5.74, 6) is 0. The van der Waals surface area contributed by atoms with Crippen molar-refractivity contribution in [1.29, 1.82) is 0 Å². The molecule has 0 bridgehead atoms. The molecule has 84 valence electrons. The molecule has 14 heavy (non-hydrogen) atoms. The molecule has 1 aliphatic carbocycles. The summed E-state index contributed by atoms with van der Waals surface area (Å²) in [7, 11) is 0. The van der Waals surface area contributed by atoms with E-state index in [-0.39, 0.29) is 0 Å². The first-order valence-corrected chi connectivity index (χ1v) is 6.18. The quantitative estimate of drug-likeness (QED) is 0.687. The number of hydrogen-bond acceptors (Lipinski definition) is 2. The summed E-state index contributed by atoms with van der Waals surface area (Å²) in [6.07, 6.45) is 8.63. The summed E-state index contributed by atoms with van der Waals surface area (Å²) in [6, 6.07) is 0.503. The summed E-state index contributed by atoms with van der Waals surface area (Å²) >= 11 is 0. The number of likely N-dealkylation sites (N-methyl/N-ethyl adjacent to an activating group) is 1. The van der Waals surface area contributed by atoms with E-state index in [2.05, 4.69) is 19.2 Å². The van der Waals surface area contributed by atoms with E-state index in [9.17, 15) is 0 Å². The van der Waals surface area contributed by atoms with Crippen LogP contribution in [0.5, 0.6) is 0 Å². The minimum absolute atomic E-state index is 0.503. The SMILES string of the molecule is CCNC(C)COC1CCCCCC1. The number of rotatable bonds is 5. The Morgan fingerprint density at radius 2 is 1.86 bits per heavy atom. The molecule has 2 nitrogen and oxygen atoms in total. The van der Waals surface area contributed by atoms with Crippen LogP contribution in [0, 0.1) is 0 Å². The monoisotopic (exact) mass is 199 g/mol. The molecule has 0 aromatic rings. The van der Waals surface area contributed by atoms with E-state index >= 15 is 0 Å². The second-order valence-corrected chi connectivity index (χ2v) is 4.41. The minimum Gasteiger partial charge on any atom is -0.377 e. The molecule has 0 radical (unpaired) electrons. The second kappa shape index (κ2) is 7.24. The summed E-state index contributed by atoms with van der Waals surface area (Å²) in [4.78, 5) is 0. The third-order valence-electron chi connectivity index (χ3n) is 2.94. The van der Waals surface area contributed by atoms with Crippen molar-refractivity contribution in [3.8, 4) is 0 Å². The molecule has 2 heteroatoms. The van der Waals surface area contributed by atoms with Gasteiger partial charge in [0.1, 0.15) is 0 Å². The third kappa shape index (κ3) is 4.97. The Balaban J connectivity index is 2.09. The van der Waals surface area contributed by atoms with Crippen LogP contribution in [0.2, 0.25) is 0 Å². The summed E-state index contributed by atoms with van der Waals surface area (Å²) < 4.78 is 5.91. The van der Waals surface area contributed by atoms with Gasteiger partial charge in [0.2, 0.25) is 0 Å². The van der Waals surface area contributed by atoms with Gasteiger partial charge in [0.15, 0.2) is 0 Å². The van der Waals surface area contributed by atoms with Gasteiger partial charge >= 0.3 is 0 Å². The first-order valence-electron chi connectivity index (χ1n) is 6.18. The van der Waals surface area contributed by atoms with Crippen LogP contribution in [0.15, 0.2) is 0 Å². The van der Waals surface area contributed by atoms with Crippen LogP contribution in [0.25, 0.3) is 0 Å². The highest BCUT2D eigenvalue weighted by atomic mass is 16.5. The molecule has 1 atom stereocenters. The average molecular weight is 199 g/mol. The molecule has 0 spiro atoms. The normalized spacial score (nSPS) is 21.9. The molecular weight excluding hydrogens is 174 g/mol. The molecule has 1 N–H and O–H groups in total. The first-order chi connectivity index (χ1) is 6.83. The van der Waals surface area contributed by atoms with Gasteiger partial charge in [-0.25, -0.2) is 0 Å². The molecule has 0 amide bonds. The Labute approximate surface area is 88.4 Å². The molecule has 0 aliphatic heterocycles. The fourth-order valence-electron chi connectivity index (χ4n) is 2.10. The Kier molecular flexibility index (Phi) is 6.20. The molecule has 1 fully saturated rings. The zero-order chi connectivity index (χ0) is 10.2. The van der Waals surface area contributed by atoms with E-state index in [1.54, 1.807) is 0 Å². The van der Waals surface area contributed by atoms with Gasteiger partial charge in [-0.05, 0) is 26.3 Å². The second-order valence-electron chi connectivity index (χ2n) is 4.41. The molecule has 1 saturated carbocycles. The maximum Gasteiger partial charge on any atom is 0.0620 e. The largest absolute Gasteiger partial charge is 0.377 e. The number of hydrogen-bond donors (Lipinski definition) is 1. The lowest BCUT2D eigenvalue weighted by atomic mass is 10.1. The lowest BCUT2D eigenvalue weighted by Crippen LogP contribution is -2.32. The van der Waals surface area contributed by atoms with Gasteiger partial charge in [0, 0.05) is 6.04 Å². The molecule has 1 aliphatic rings. The first kappa shape index (κ1) is 12.0. The predicted octanol–water partition coefficient (Wildman–Crippen LogP) is 2.72. The molecule has 0 saturated heterocycles. The highest BCUT2D eigenvalue weighted by molar-refractivity contribution is 4.66. The highest BCUT2D eigenvalue weighted by Crippen LogP contribution is 2.19. The Morgan fingerprint density at radius 3 is 2.43 bits per heavy atom. The zero-order valence-corrected chi connectivity index (χ0v) is 9.72. The molecular formula is C12H25NO. The average Bonchev–Trinajstić information content (AvgIpc) is 2.43. The standard InChI is InChI=1S/C12H25NO/c1-3-13-11(2)10-14-12-8-6-4-5-7-9-12/h11-13H,3-10H2,1-2H3. The highest BCUT2D eigenvalue weighted by Gasteiger charge is 2.13. The van der Waals surface area contributed by atoms with Gasteiger partial charge in [-0.2, -0.15) is 0 Å². The fraction of sp³-hybridized carbons (Fsp3) is 1.00. The van der Waals surface area contributed by atoms with Gasteiger partial charge in [0.25, 0.3) is 0 Å². The third-order valence-corrected chi connectivity index (χ3v) is 2.94. The predicted molar refractivity (Wildman–Crippen MR) is 60.6 cm³/mol. The van der Waals surface area contributed by atoms with Crippen molar-refractivity contribution in [3.05, 3.63) is 0 Å². The van der Waals surface area contributed by atoms with E-state index < -0.39 is 0 Å². The van der Waals surface area contributed by atoms with Gasteiger partial charge in [-0.1, -0.05) is 32.6 Å². The van der Waals surface area contributed by atoms with Gasteiger partial charge in [-0.3, -0.25) is 0 Å². The fourth-order valence-corrected chi connectivity index (χ4v) is 2.10. The van der Waals surface area contributed by atoms with E-state index in [4.69, 9.17) is 4.74 Å². The van der Waals surface area contributed by atoms with Crippen LogP contribution in [-0.4, -0.2) is 25.3 Å². The van der Waals surface area contributed by atoms with Crippen molar-refractivity contribution < 1.29 is 4.74 Å². The van der Waals surface area contributed by atoms with Crippen molar-refractivity contribution in [2.24, 2.45) is 0 Å². The maximum atomic E-state index is 5.91. The molecule has 0 aromatic carbocycles. The van der Waals surface area contributed by atoms with Crippen LogP contribution < -0.4 is 5.32 Å². The summed E-state index contributed by atoms with van der Waals surface area (Å²) in [5, 5.41) is 3.38. The van der Waals surface area contributed by atoms with Crippen molar-refractivity contribution in [2.45, 2.75) is 64.5 Å². The Hall–Kier alpha value is -0.0800. The molecule has 1 unspecified atom stereocenters. The van der Waals surface area contributed by atoms with Crippen LogP contribution >= 0.6 is 0 Å². The minimum atomic E-state index is 0.503. The van der Waals surface area contributed by atoms with Crippen molar-refractivity contribution in [2.75, 3.05) is 13.2 Å². The summed E-state index contributed by atoms with van der Waals surface area (Å²) in [6.45, 7) is 6.25. The molecule has 1 rings (SSSR count). The lowest BCUT2D eigenvalue weighted by Gasteiger charge is -2.19. The zero-order valence-electron chi connectivity index (χ0n) is 9.72. The topological polar surface area (TPSA) is 21.3 Å². The van der Waals surface area contributed by atoms with Crippen LogP contribution in [0.1, 0.15) is 52.4 Å². The molecule has 0 aromatic heterocycles. The van der Waals surface area contributed by atoms with Crippen molar-refractivity contribution in [3.63, 3.8) is 0 Å². The summed E-state index contributed by atoms with van der Waals surface area (Å²) in [5.41, 5.74) is 0. The number of nitrogens with one attached hydrogen (secondary N) is 1. The van der Waals surface area contributed by atoms with E-state index in [1.165, 1.54) is 38.5 Å². The van der Waals surface area contributed by atoms with E-state index in [0.717, 1.165) is 13.2 Å². The number of ether oxygens (including phenoxy) is 1.